The second kappa shape index (κ2) is 5.59. The maximum atomic E-state index is 9.28. The highest BCUT2D eigenvalue weighted by molar-refractivity contribution is 5.43. The summed E-state index contributed by atoms with van der Waals surface area (Å²) in [5.74, 6) is 1.49. The Labute approximate surface area is 108 Å². The Morgan fingerprint density at radius 2 is 1.89 bits per heavy atom. The normalized spacial score (nSPS) is 24.2. The molecule has 0 aromatic heterocycles. The number of nitrogens with one attached hydrogen (secondary N) is 1. The second-order valence-corrected chi connectivity index (χ2v) is 4.82. The van der Waals surface area contributed by atoms with Gasteiger partial charge in [0.05, 0.1) is 20.3 Å². The fraction of sp³-hybridized carbons (Fsp3) is 0.571. The lowest BCUT2D eigenvalue weighted by Gasteiger charge is -2.34. The van der Waals surface area contributed by atoms with Crippen LogP contribution in [0.3, 0.4) is 0 Å². The average molecular weight is 251 g/mol. The van der Waals surface area contributed by atoms with Gasteiger partial charge in [-0.2, -0.15) is 0 Å². The van der Waals surface area contributed by atoms with Crippen molar-refractivity contribution in [2.75, 3.05) is 14.2 Å². The zero-order valence-electron chi connectivity index (χ0n) is 11.1. The molecule has 2 N–H and O–H groups in total. The number of benzene rings is 1. The molecule has 1 fully saturated rings. The molecule has 0 spiro atoms. The molecule has 18 heavy (non-hydrogen) atoms. The maximum absolute atomic E-state index is 9.28. The third-order valence-electron chi connectivity index (χ3n) is 3.51. The molecule has 1 aliphatic carbocycles. The molecule has 0 bridgehead atoms. The molecule has 100 valence electrons. The lowest BCUT2D eigenvalue weighted by Crippen LogP contribution is -2.45. The Bertz CT molecular complexity index is 402. The second-order valence-electron chi connectivity index (χ2n) is 4.82. The minimum atomic E-state index is -0.125. The van der Waals surface area contributed by atoms with Crippen molar-refractivity contribution in [2.45, 2.75) is 38.0 Å². The van der Waals surface area contributed by atoms with Gasteiger partial charge in [0.15, 0.2) is 11.5 Å². The zero-order valence-corrected chi connectivity index (χ0v) is 11.1. The number of ether oxygens (including phenoxy) is 2. The molecule has 1 saturated carbocycles. The van der Waals surface area contributed by atoms with Gasteiger partial charge in [0.2, 0.25) is 0 Å². The summed E-state index contributed by atoms with van der Waals surface area (Å²) in [4.78, 5) is 0. The molecule has 1 atom stereocenters. The van der Waals surface area contributed by atoms with Crippen LogP contribution >= 0.6 is 0 Å². The van der Waals surface area contributed by atoms with Crippen molar-refractivity contribution in [1.29, 1.82) is 0 Å². The largest absolute Gasteiger partial charge is 0.493 e. The SMILES string of the molecule is COc1ccc(C(C)NC2CC(O)C2)cc1OC. The first-order chi connectivity index (χ1) is 8.63. The fourth-order valence-corrected chi connectivity index (χ4v) is 2.30. The minimum absolute atomic E-state index is 0.125. The summed E-state index contributed by atoms with van der Waals surface area (Å²) in [6.45, 7) is 2.12. The van der Waals surface area contributed by atoms with E-state index in [0.717, 1.165) is 29.9 Å². The van der Waals surface area contributed by atoms with Crippen LogP contribution in [0.2, 0.25) is 0 Å². The van der Waals surface area contributed by atoms with E-state index in [1.54, 1.807) is 14.2 Å². The van der Waals surface area contributed by atoms with Crippen LogP contribution in [0.15, 0.2) is 18.2 Å². The van der Waals surface area contributed by atoms with Crippen LogP contribution in [0.1, 0.15) is 31.4 Å². The van der Waals surface area contributed by atoms with Gasteiger partial charge in [0.1, 0.15) is 0 Å². The van der Waals surface area contributed by atoms with E-state index < -0.39 is 0 Å². The zero-order chi connectivity index (χ0) is 13.1. The van der Waals surface area contributed by atoms with E-state index >= 15 is 0 Å². The first-order valence-corrected chi connectivity index (χ1v) is 6.30. The summed E-state index contributed by atoms with van der Waals surface area (Å²) < 4.78 is 10.5. The van der Waals surface area contributed by atoms with Gasteiger partial charge in [0.25, 0.3) is 0 Å². The van der Waals surface area contributed by atoms with E-state index in [-0.39, 0.29) is 12.1 Å². The molecule has 4 heteroatoms. The third-order valence-corrected chi connectivity index (χ3v) is 3.51. The first-order valence-electron chi connectivity index (χ1n) is 6.30. The van der Waals surface area contributed by atoms with E-state index in [9.17, 15) is 5.11 Å². The molecule has 0 heterocycles. The van der Waals surface area contributed by atoms with Crippen molar-refractivity contribution in [1.82, 2.24) is 5.32 Å². The summed E-state index contributed by atoms with van der Waals surface area (Å²) in [5, 5.41) is 12.8. The van der Waals surface area contributed by atoms with Crippen LogP contribution in [-0.4, -0.2) is 31.5 Å². The van der Waals surface area contributed by atoms with Crippen molar-refractivity contribution < 1.29 is 14.6 Å². The van der Waals surface area contributed by atoms with Gasteiger partial charge in [-0.3, -0.25) is 0 Å². The van der Waals surface area contributed by atoms with Crippen molar-refractivity contribution in [2.24, 2.45) is 0 Å². The molecule has 2 rings (SSSR count). The van der Waals surface area contributed by atoms with Gasteiger partial charge in [0, 0.05) is 12.1 Å². The monoisotopic (exact) mass is 251 g/mol. The topological polar surface area (TPSA) is 50.7 Å². The van der Waals surface area contributed by atoms with E-state index in [0.29, 0.717) is 6.04 Å². The van der Waals surface area contributed by atoms with Crippen molar-refractivity contribution in [3.63, 3.8) is 0 Å². The molecule has 1 aromatic carbocycles. The fourth-order valence-electron chi connectivity index (χ4n) is 2.30. The number of methoxy groups -OCH3 is 2. The smallest absolute Gasteiger partial charge is 0.161 e. The third kappa shape index (κ3) is 2.76. The lowest BCUT2D eigenvalue weighted by molar-refractivity contribution is 0.0585. The predicted molar refractivity (Wildman–Crippen MR) is 70.1 cm³/mol. The maximum Gasteiger partial charge on any atom is 0.161 e. The van der Waals surface area contributed by atoms with Crippen LogP contribution in [0, 0.1) is 0 Å². The summed E-state index contributed by atoms with van der Waals surface area (Å²) >= 11 is 0. The molecule has 0 saturated heterocycles. The Kier molecular flexibility index (Phi) is 4.09. The molecular formula is C14H21NO3. The standard InChI is InChI=1S/C14H21NO3/c1-9(15-11-7-12(16)8-11)10-4-5-13(17-2)14(6-10)18-3/h4-6,9,11-12,15-16H,7-8H2,1-3H3. The predicted octanol–water partition coefficient (Wildman–Crippen LogP) is 1.88. The Morgan fingerprint density at radius 1 is 1.22 bits per heavy atom. The van der Waals surface area contributed by atoms with Crippen LogP contribution in [0.25, 0.3) is 0 Å². The van der Waals surface area contributed by atoms with Gasteiger partial charge in [-0.25, -0.2) is 0 Å². The van der Waals surface area contributed by atoms with Crippen LogP contribution in [0.5, 0.6) is 11.5 Å². The Hall–Kier alpha value is -1.26. The first kappa shape index (κ1) is 13.2. The molecule has 4 nitrogen and oxygen atoms in total. The van der Waals surface area contributed by atoms with Gasteiger partial charge in [-0.15, -0.1) is 0 Å². The quantitative estimate of drug-likeness (QED) is 0.839. The summed E-state index contributed by atoms with van der Waals surface area (Å²) in [5.41, 5.74) is 1.16. The molecule has 1 aliphatic rings. The Balaban J connectivity index is 2.03. The van der Waals surface area contributed by atoms with Crippen LogP contribution < -0.4 is 14.8 Å². The van der Waals surface area contributed by atoms with Gasteiger partial charge >= 0.3 is 0 Å². The molecule has 1 unspecified atom stereocenters. The average Bonchev–Trinajstić information content (AvgIpc) is 2.35. The van der Waals surface area contributed by atoms with Gasteiger partial charge in [-0.05, 0) is 37.5 Å². The summed E-state index contributed by atoms with van der Waals surface area (Å²) in [6.07, 6.45) is 1.56. The number of aliphatic hydroxyl groups excluding tert-OH is 1. The molecular weight excluding hydrogens is 230 g/mol. The summed E-state index contributed by atoms with van der Waals surface area (Å²) in [7, 11) is 3.27. The highest BCUT2D eigenvalue weighted by atomic mass is 16.5. The number of aliphatic hydroxyl groups is 1. The molecule has 0 amide bonds. The number of hydrogen-bond donors (Lipinski definition) is 2. The van der Waals surface area contributed by atoms with E-state index in [1.807, 2.05) is 18.2 Å². The Morgan fingerprint density at radius 3 is 2.44 bits per heavy atom. The number of rotatable bonds is 5. The van der Waals surface area contributed by atoms with Gasteiger partial charge < -0.3 is 19.9 Å². The lowest BCUT2D eigenvalue weighted by atomic mass is 9.88. The van der Waals surface area contributed by atoms with E-state index in [1.165, 1.54) is 0 Å². The molecule has 0 radical (unpaired) electrons. The van der Waals surface area contributed by atoms with E-state index in [4.69, 9.17) is 9.47 Å². The van der Waals surface area contributed by atoms with E-state index in [2.05, 4.69) is 12.2 Å². The van der Waals surface area contributed by atoms with Crippen LogP contribution in [0.4, 0.5) is 0 Å². The van der Waals surface area contributed by atoms with Crippen molar-refractivity contribution in [3.8, 4) is 11.5 Å². The number of hydrogen-bond acceptors (Lipinski definition) is 4. The highest BCUT2D eigenvalue weighted by Crippen LogP contribution is 2.31. The summed E-state index contributed by atoms with van der Waals surface area (Å²) in [6, 6.07) is 6.60. The van der Waals surface area contributed by atoms with Gasteiger partial charge in [-0.1, -0.05) is 6.07 Å². The highest BCUT2D eigenvalue weighted by Gasteiger charge is 2.28. The van der Waals surface area contributed by atoms with Crippen LogP contribution in [-0.2, 0) is 0 Å². The minimum Gasteiger partial charge on any atom is -0.493 e. The molecule has 0 aliphatic heterocycles. The van der Waals surface area contributed by atoms with Crippen molar-refractivity contribution >= 4 is 0 Å². The molecule has 1 aromatic rings. The van der Waals surface area contributed by atoms with Crippen molar-refractivity contribution in [3.05, 3.63) is 23.8 Å².